The third-order valence-corrected chi connectivity index (χ3v) is 3.84. The second kappa shape index (κ2) is 6.79. The van der Waals surface area contributed by atoms with Crippen molar-refractivity contribution >= 4 is 6.03 Å². The van der Waals surface area contributed by atoms with Crippen molar-refractivity contribution in [3.05, 3.63) is 24.0 Å². The number of amides is 2. The average Bonchev–Trinajstić information content (AvgIpc) is 3.16. The Balaban J connectivity index is 1.76. The maximum atomic E-state index is 12.2. The van der Waals surface area contributed by atoms with Crippen molar-refractivity contribution in [3.63, 3.8) is 0 Å². The van der Waals surface area contributed by atoms with E-state index in [1.165, 1.54) is 5.69 Å². The summed E-state index contributed by atoms with van der Waals surface area (Å²) in [6, 6.07) is 4.58. The van der Waals surface area contributed by atoms with Crippen LogP contribution in [0.4, 0.5) is 4.79 Å². The number of hydrogen-bond acceptors (Lipinski definition) is 2. The van der Waals surface area contributed by atoms with Gasteiger partial charge in [-0.1, -0.05) is 0 Å². The van der Waals surface area contributed by atoms with Gasteiger partial charge in [0.15, 0.2) is 0 Å². The Hall–Kier alpha value is -1.49. The molecule has 0 bridgehead atoms. The van der Waals surface area contributed by atoms with Gasteiger partial charge in [0, 0.05) is 37.6 Å². The van der Waals surface area contributed by atoms with Crippen LogP contribution in [0.25, 0.3) is 0 Å². The second-order valence-electron chi connectivity index (χ2n) is 5.65. The first-order valence-corrected chi connectivity index (χ1v) is 7.40. The Kier molecular flexibility index (Phi) is 5.06. The molecule has 1 atom stereocenters. The van der Waals surface area contributed by atoms with E-state index in [2.05, 4.69) is 16.0 Å². The maximum Gasteiger partial charge on any atom is 0.317 e. The van der Waals surface area contributed by atoms with Crippen LogP contribution in [0.15, 0.2) is 18.3 Å². The number of aliphatic hydroxyl groups excluding tert-OH is 1. The van der Waals surface area contributed by atoms with Gasteiger partial charge < -0.3 is 19.9 Å². The quantitative estimate of drug-likeness (QED) is 0.795. The lowest BCUT2D eigenvalue weighted by Crippen LogP contribution is -2.46. The Bertz CT molecular complexity index is 440. The molecule has 5 nitrogen and oxygen atoms in total. The first-order valence-electron chi connectivity index (χ1n) is 7.40. The second-order valence-corrected chi connectivity index (χ2v) is 5.65. The van der Waals surface area contributed by atoms with Crippen molar-refractivity contribution in [3.8, 4) is 0 Å². The Morgan fingerprint density at radius 1 is 1.60 bits per heavy atom. The summed E-state index contributed by atoms with van der Waals surface area (Å²) < 4.78 is 2.11. The highest BCUT2D eigenvalue weighted by molar-refractivity contribution is 5.75. The number of nitrogens with zero attached hydrogens (tertiary/aromatic N) is 2. The van der Waals surface area contributed by atoms with Crippen molar-refractivity contribution in [2.24, 2.45) is 7.05 Å². The third kappa shape index (κ3) is 4.00. The first-order chi connectivity index (χ1) is 9.61. The number of hydrogen-bond donors (Lipinski definition) is 2. The molecule has 0 aliphatic heterocycles. The van der Waals surface area contributed by atoms with E-state index in [4.69, 9.17) is 5.11 Å². The minimum atomic E-state index is -0.0408. The highest BCUT2D eigenvalue weighted by atomic mass is 16.3. The van der Waals surface area contributed by atoms with Crippen LogP contribution in [0.1, 0.15) is 31.9 Å². The number of rotatable bonds is 7. The van der Waals surface area contributed by atoms with Gasteiger partial charge in [-0.15, -0.1) is 0 Å². The minimum absolute atomic E-state index is 0.0294. The summed E-state index contributed by atoms with van der Waals surface area (Å²) in [4.78, 5) is 13.9. The molecule has 1 unspecified atom stereocenters. The maximum absolute atomic E-state index is 12.2. The first kappa shape index (κ1) is 14.9. The van der Waals surface area contributed by atoms with Crippen molar-refractivity contribution in [2.75, 3.05) is 13.2 Å². The van der Waals surface area contributed by atoms with Crippen LogP contribution in [0, 0.1) is 0 Å². The zero-order valence-electron chi connectivity index (χ0n) is 12.4. The fourth-order valence-electron chi connectivity index (χ4n) is 2.43. The standard InChI is InChI=1S/C15H25N3O2/c1-12(5-6-13-4-3-9-17(13)2)16-15(20)18(10-11-19)14-7-8-14/h3-4,9,12,14,19H,5-8,10-11H2,1-2H3,(H,16,20). The van der Waals surface area contributed by atoms with Gasteiger partial charge in [-0.25, -0.2) is 4.79 Å². The van der Waals surface area contributed by atoms with Gasteiger partial charge in [-0.05, 0) is 44.7 Å². The molecule has 1 fully saturated rings. The topological polar surface area (TPSA) is 57.5 Å². The summed E-state index contributed by atoms with van der Waals surface area (Å²) in [5.74, 6) is 0. The molecule has 112 valence electrons. The number of aliphatic hydroxyl groups is 1. The Morgan fingerprint density at radius 2 is 2.35 bits per heavy atom. The van der Waals surface area contributed by atoms with Crippen LogP contribution in [-0.2, 0) is 13.5 Å². The van der Waals surface area contributed by atoms with Crippen LogP contribution >= 0.6 is 0 Å². The van der Waals surface area contributed by atoms with Crippen molar-refractivity contribution in [2.45, 2.75) is 44.7 Å². The summed E-state index contributed by atoms with van der Waals surface area (Å²) in [5.41, 5.74) is 1.28. The summed E-state index contributed by atoms with van der Waals surface area (Å²) in [7, 11) is 2.04. The normalized spacial score (nSPS) is 15.9. The van der Waals surface area contributed by atoms with Gasteiger partial charge in [0.05, 0.1) is 6.61 Å². The summed E-state index contributed by atoms with van der Waals surface area (Å²) >= 11 is 0. The van der Waals surface area contributed by atoms with E-state index in [-0.39, 0.29) is 18.7 Å². The molecule has 1 aromatic rings. The highest BCUT2D eigenvalue weighted by Crippen LogP contribution is 2.26. The number of aromatic nitrogens is 1. The van der Waals surface area contributed by atoms with Crippen LogP contribution in [0.2, 0.25) is 0 Å². The Labute approximate surface area is 120 Å². The fourth-order valence-corrected chi connectivity index (χ4v) is 2.43. The Morgan fingerprint density at radius 3 is 2.90 bits per heavy atom. The molecular weight excluding hydrogens is 254 g/mol. The predicted molar refractivity (Wildman–Crippen MR) is 78.5 cm³/mol. The van der Waals surface area contributed by atoms with Crippen LogP contribution in [0.5, 0.6) is 0 Å². The molecule has 0 radical (unpaired) electrons. The van der Waals surface area contributed by atoms with E-state index in [1.807, 2.05) is 26.2 Å². The van der Waals surface area contributed by atoms with Gasteiger partial charge in [-0.3, -0.25) is 0 Å². The van der Waals surface area contributed by atoms with Gasteiger partial charge >= 0.3 is 6.03 Å². The van der Waals surface area contributed by atoms with Crippen molar-refractivity contribution in [1.29, 1.82) is 0 Å². The molecule has 2 N–H and O–H groups in total. The van der Waals surface area contributed by atoms with E-state index < -0.39 is 0 Å². The van der Waals surface area contributed by atoms with Crippen LogP contribution in [0.3, 0.4) is 0 Å². The third-order valence-electron chi connectivity index (χ3n) is 3.84. The van der Waals surface area contributed by atoms with E-state index >= 15 is 0 Å². The molecule has 1 aromatic heterocycles. The van der Waals surface area contributed by atoms with E-state index in [0.29, 0.717) is 12.6 Å². The SMILES string of the molecule is CC(CCc1cccn1C)NC(=O)N(CCO)C1CC1. The fraction of sp³-hybridized carbons (Fsp3) is 0.667. The monoisotopic (exact) mass is 279 g/mol. The number of urea groups is 1. The van der Waals surface area contributed by atoms with Crippen LogP contribution in [-0.4, -0.2) is 45.8 Å². The molecule has 2 amide bonds. The van der Waals surface area contributed by atoms with E-state index in [1.54, 1.807) is 4.90 Å². The predicted octanol–water partition coefficient (Wildman–Crippen LogP) is 1.51. The molecule has 1 saturated carbocycles. The lowest BCUT2D eigenvalue weighted by atomic mass is 10.1. The smallest absolute Gasteiger partial charge is 0.317 e. The van der Waals surface area contributed by atoms with E-state index in [9.17, 15) is 4.79 Å². The molecule has 0 spiro atoms. The largest absolute Gasteiger partial charge is 0.395 e. The molecule has 1 aliphatic rings. The van der Waals surface area contributed by atoms with E-state index in [0.717, 1.165) is 25.7 Å². The number of carbonyl (C=O) groups is 1. The molecule has 2 rings (SSSR count). The highest BCUT2D eigenvalue weighted by Gasteiger charge is 2.32. The minimum Gasteiger partial charge on any atom is -0.395 e. The summed E-state index contributed by atoms with van der Waals surface area (Å²) in [6.45, 7) is 2.49. The number of nitrogens with one attached hydrogen (secondary N) is 1. The lowest BCUT2D eigenvalue weighted by molar-refractivity contribution is 0.170. The number of aryl methyl sites for hydroxylation is 2. The van der Waals surface area contributed by atoms with Gasteiger partial charge in [0.1, 0.15) is 0 Å². The van der Waals surface area contributed by atoms with Gasteiger partial charge in [-0.2, -0.15) is 0 Å². The molecule has 1 heterocycles. The molecule has 1 aliphatic carbocycles. The molecule has 20 heavy (non-hydrogen) atoms. The molecule has 5 heteroatoms. The van der Waals surface area contributed by atoms with Crippen LogP contribution < -0.4 is 5.32 Å². The zero-order valence-corrected chi connectivity index (χ0v) is 12.4. The molecular formula is C15H25N3O2. The summed E-state index contributed by atoms with van der Waals surface area (Å²) in [6.07, 6.45) is 6.03. The summed E-state index contributed by atoms with van der Waals surface area (Å²) in [5, 5.41) is 12.1. The lowest BCUT2D eigenvalue weighted by Gasteiger charge is -2.24. The van der Waals surface area contributed by atoms with Gasteiger partial charge in [0.25, 0.3) is 0 Å². The van der Waals surface area contributed by atoms with Crippen molar-refractivity contribution < 1.29 is 9.90 Å². The van der Waals surface area contributed by atoms with Crippen molar-refractivity contribution in [1.82, 2.24) is 14.8 Å². The molecule has 0 aromatic carbocycles. The number of carbonyl (C=O) groups excluding carboxylic acids is 1. The zero-order chi connectivity index (χ0) is 14.5. The molecule has 0 saturated heterocycles. The van der Waals surface area contributed by atoms with Gasteiger partial charge in [0.2, 0.25) is 0 Å². The average molecular weight is 279 g/mol.